The number of ether oxygens (including phenoxy) is 1. The molecule has 1 heterocycles. The lowest BCUT2D eigenvalue weighted by Gasteiger charge is -2.21. The van der Waals surface area contributed by atoms with Gasteiger partial charge in [-0.1, -0.05) is 34.1 Å². The summed E-state index contributed by atoms with van der Waals surface area (Å²) in [6, 6.07) is 15.8. The van der Waals surface area contributed by atoms with Gasteiger partial charge in [0.25, 0.3) is 0 Å². The fourth-order valence-electron chi connectivity index (χ4n) is 3.01. The fourth-order valence-corrected chi connectivity index (χ4v) is 3.38. The molecular weight excluding hydrogens is 380 g/mol. The number of carbonyl (C=O) groups is 1. The molecule has 2 aromatic carbocycles. The Kier molecular flexibility index (Phi) is 6.34. The van der Waals surface area contributed by atoms with Gasteiger partial charge in [0, 0.05) is 24.0 Å². The molecule has 1 N–H and O–H groups in total. The van der Waals surface area contributed by atoms with E-state index in [0.717, 1.165) is 34.7 Å². The Morgan fingerprint density at radius 1 is 1.12 bits per heavy atom. The summed E-state index contributed by atoms with van der Waals surface area (Å²) in [6.45, 7) is 2.65. The molecule has 3 rings (SSSR count). The van der Waals surface area contributed by atoms with Crippen molar-refractivity contribution in [2.24, 2.45) is 0 Å². The van der Waals surface area contributed by atoms with Crippen LogP contribution in [0.1, 0.15) is 25.7 Å². The highest BCUT2D eigenvalue weighted by Crippen LogP contribution is 2.28. The maximum absolute atomic E-state index is 12.3. The third kappa shape index (κ3) is 5.23. The lowest BCUT2D eigenvalue weighted by atomic mass is 10.2. The van der Waals surface area contributed by atoms with Gasteiger partial charge < -0.3 is 15.0 Å². The van der Waals surface area contributed by atoms with E-state index in [9.17, 15) is 4.79 Å². The summed E-state index contributed by atoms with van der Waals surface area (Å²) in [4.78, 5) is 14.6. The van der Waals surface area contributed by atoms with Crippen LogP contribution in [0.3, 0.4) is 0 Å². The van der Waals surface area contributed by atoms with Gasteiger partial charge in [0.05, 0.1) is 18.0 Å². The predicted molar refractivity (Wildman–Crippen MR) is 105 cm³/mol. The minimum absolute atomic E-state index is 0.0319. The zero-order valence-electron chi connectivity index (χ0n) is 14.2. The molecule has 25 heavy (non-hydrogen) atoms. The van der Waals surface area contributed by atoms with E-state index in [4.69, 9.17) is 4.74 Å². The van der Waals surface area contributed by atoms with Crippen LogP contribution in [0.25, 0.3) is 0 Å². The van der Waals surface area contributed by atoms with Crippen LogP contribution < -0.4 is 15.0 Å². The van der Waals surface area contributed by atoms with Crippen molar-refractivity contribution in [2.45, 2.75) is 25.7 Å². The van der Waals surface area contributed by atoms with Gasteiger partial charge in [-0.25, -0.2) is 0 Å². The van der Waals surface area contributed by atoms with E-state index in [1.54, 1.807) is 0 Å². The molecule has 1 aliphatic heterocycles. The molecule has 0 aromatic heterocycles. The highest BCUT2D eigenvalue weighted by atomic mass is 79.9. The second-order valence-corrected chi connectivity index (χ2v) is 7.08. The smallest absolute Gasteiger partial charge is 0.224 e. The second kappa shape index (κ2) is 8.90. The number of anilines is 2. The van der Waals surface area contributed by atoms with Crippen molar-refractivity contribution in [3.8, 4) is 5.75 Å². The summed E-state index contributed by atoms with van der Waals surface area (Å²) >= 11 is 3.42. The van der Waals surface area contributed by atoms with E-state index < -0.39 is 0 Å². The van der Waals surface area contributed by atoms with Crippen molar-refractivity contribution in [2.75, 3.05) is 29.9 Å². The van der Waals surface area contributed by atoms with Crippen molar-refractivity contribution in [3.05, 3.63) is 53.0 Å². The van der Waals surface area contributed by atoms with Crippen molar-refractivity contribution in [3.63, 3.8) is 0 Å². The van der Waals surface area contributed by atoms with Gasteiger partial charge in [0.2, 0.25) is 5.91 Å². The monoisotopic (exact) mass is 402 g/mol. The van der Waals surface area contributed by atoms with Crippen LogP contribution in [-0.2, 0) is 4.79 Å². The standard InChI is InChI=1S/C20H23BrN2O2/c21-16-7-5-8-17(15-16)25-14-6-11-20(24)22-18-9-1-2-10-19(18)23-12-3-4-13-23/h1-2,5,7-10,15H,3-4,6,11-14H2,(H,22,24). The summed E-state index contributed by atoms with van der Waals surface area (Å²) in [5.74, 6) is 0.846. The summed E-state index contributed by atoms with van der Waals surface area (Å²) in [5, 5.41) is 3.05. The molecule has 0 unspecified atom stereocenters. The van der Waals surface area contributed by atoms with Gasteiger partial charge >= 0.3 is 0 Å². The Labute approximate surface area is 157 Å². The van der Waals surface area contributed by atoms with Crippen LogP contribution >= 0.6 is 15.9 Å². The zero-order chi connectivity index (χ0) is 17.5. The first-order chi connectivity index (χ1) is 12.2. The van der Waals surface area contributed by atoms with E-state index in [2.05, 4.69) is 32.2 Å². The summed E-state index contributed by atoms with van der Waals surface area (Å²) < 4.78 is 6.66. The van der Waals surface area contributed by atoms with Gasteiger partial charge in [-0.05, 0) is 49.6 Å². The number of hydrogen-bond donors (Lipinski definition) is 1. The third-order valence-electron chi connectivity index (χ3n) is 4.24. The third-order valence-corrected chi connectivity index (χ3v) is 4.73. The van der Waals surface area contributed by atoms with E-state index in [1.165, 1.54) is 12.8 Å². The van der Waals surface area contributed by atoms with Crippen molar-refractivity contribution in [1.29, 1.82) is 0 Å². The van der Waals surface area contributed by atoms with Crippen LogP contribution in [0, 0.1) is 0 Å². The molecule has 0 spiro atoms. The van der Waals surface area contributed by atoms with Crippen LogP contribution in [0.2, 0.25) is 0 Å². The highest BCUT2D eigenvalue weighted by molar-refractivity contribution is 9.10. The largest absolute Gasteiger partial charge is 0.494 e. The van der Waals surface area contributed by atoms with E-state index in [0.29, 0.717) is 19.4 Å². The van der Waals surface area contributed by atoms with Crippen LogP contribution in [0.15, 0.2) is 53.0 Å². The van der Waals surface area contributed by atoms with Gasteiger partial charge in [0.15, 0.2) is 0 Å². The van der Waals surface area contributed by atoms with Crippen molar-refractivity contribution < 1.29 is 9.53 Å². The Bertz CT molecular complexity index is 714. The van der Waals surface area contributed by atoms with E-state index >= 15 is 0 Å². The number of benzene rings is 2. The molecule has 1 amide bonds. The molecule has 1 aliphatic rings. The maximum atomic E-state index is 12.3. The summed E-state index contributed by atoms with van der Waals surface area (Å²) in [5.41, 5.74) is 2.03. The quantitative estimate of drug-likeness (QED) is 0.673. The molecule has 0 aliphatic carbocycles. The summed E-state index contributed by atoms with van der Waals surface area (Å²) in [7, 11) is 0. The Balaban J connectivity index is 1.46. The molecule has 1 saturated heterocycles. The lowest BCUT2D eigenvalue weighted by molar-refractivity contribution is -0.116. The average molecular weight is 403 g/mol. The topological polar surface area (TPSA) is 41.6 Å². The number of carbonyl (C=O) groups excluding carboxylic acids is 1. The van der Waals surface area contributed by atoms with Crippen molar-refractivity contribution in [1.82, 2.24) is 0 Å². The molecule has 0 saturated carbocycles. The van der Waals surface area contributed by atoms with Gasteiger partial charge in [-0.3, -0.25) is 4.79 Å². The molecule has 0 radical (unpaired) electrons. The van der Waals surface area contributed by atoms with Gasteiger partial charge in [-0.15, -0.1) is 0 Å². The molecular formula is C20H23BrN2O2. The molecule has 4 nitrogen and oxygen atoms in total. The van der Waals surface area contributed by atoms with Crippen LogP contribution in [0.5, 0.6) is 5.75 Å². The molecule has 0 bridgehead atoms. The SMILES string of the molecule is O=C(CCCOc1cccc(Br)c1)Nc1ccccc1N1CCCC1. The number of hydrogen-bond acceptors (Lipinski definition) is 3. The number of halogens is 1. The van der Waals surface area contributed by atoms with Crippen LogP contribution in [0.4, 0.5) is 11.4 Å². The number of para-hydroxylation sites is 2. The Morgan fingerprint density at radius 3 is 2.72 bits per heavy atom. The molecule has 2 aromatic rings. The molecule has 5 heteroatoms. The minimum atomic E-state index is 0.0319. The van der Waals surface area contributed by atoms with Gasteiger partial charge in [0.1, 0.15) is 5.75 Å². The predicted octanol–water partition coefficient (Wildman–Crippen LogP) is 4.85. The molecule has 132 valence electrons. The number of nitrogens with one attached hydrogen (secondary N) is 1. The fraction of sp³-hybridized carbons (Fsp3) is 0.350. The minimum Gasteiger partial charge on any atom is -0.494 e. The first-order valence-electron chi connectivity index (χ1n) is 8.74. The number of nitrogens with zero attached hydrogens (tertiary/aromatic N) is 1. The number of amides is 1. The normalized spacial score (nSPS) is 13.7. The van der Waals surface area contributed by atoms with Gasteiger partial charge in [-0.2, -0.15) is 0 Å². The first-order valence-corrected chi connectivity index (χ1v) is 9.54. The molecule has 1 fully saturated rings. The Hall–Kier alpha value is -2.01. The lowest BCUT2D eigenvalue weighted by Crippen LogP contribution is -2.21. The molecule has 0 atom stereocenters. The summed E-state index contributed by atoms with van der Waals surface area (Å²) in [6.07, 6.45) is 3.57. The van der Waals surface area contributed by atoms with E-state index in [-0.39, 0.29) is 5.91 Å². The van der Waals surface area contributed by atoms with Crippen molar-refractivity contribution >= 4 is 33.2 Å². The highest BCUT2D eigenvalue weighted by Gasteiger charge is 2.16. The Morgan fingerprint density at radius 2 is 1.92 bits per heavy atom. The van der Waals surface area contributed by atoms with E-state index in [1.807, 2.05) is 42.5 Å². The second-order valence-electron chi connectivity index (χ2n) is 6.17. The average Bonchev–Trinajstić information content (AvgIpc) is 3.14. The van der Waals surface area contributed by atoms with Crippen LogP contribution in [-0.4, -0.2) is 25.6 Å². The zero-order valence-corrected chi connectivity index (χ0v) is 15.8. The first kappa shape index (κ1) is 17.8. The number of rotatable bonds is 7. The maximum Gasteiger partial charge on any atom is 0.224 e.